The molecule has 3 aromatic carbocycles. The third-order valence-corrected chi connectivity index (χ3v) is 5.56. The van der Waals surface area contributed by atoms with Gasteiger partial charge in [-0.2, -0.15) is 0 Å². The number of nitrogens with zero attached hydrogens (tertiary/aromatic N) is 1. The molecule has 0 saturated carbocycles. The van der Waals surface area contributed by atoms with E-state index in [2.05, 4.69) is 9.97 Å². The third-order valence-electron chi connectivity index (χ3n) is 4.29. The highest BCUT2D eigenvalue weighted by atomic mass is 35.5. The molecular formula is C23H17ClN2O3S. The summed E-state index contributed by atoms with van der Waals surface area (Å²) in [7, 11) is 0. The number of carboxylic acid groups (broad SMARTS) is 1. The van der Waals surface area contributed by atoms with Crippen molar-refractivity contribution in [2.75, 3.05) is 0 Å². The van der Waals surface area contributed by atoms with Crippen molar-refractivity contribution < 1.29 is 14.6 Å². The number of halogens is 1. The minimum atomic E-state index is -1.03. The van der Waals surface area contributed by atoms with Gasteiger partial charge in [0.1, 0.15) is 17.3 Å². The standard InChI is InChI=1S/C23H17ClN2O3S/c24-18-9-2-1-7-16(18)14-29-17-8-5-6-15(12-17)13-21(22(27)28)30-23-25-19-10-3-4-11-20(19)26-23/h1-13H,14H2,(H,25,26)(H,27,28)/b21-13-. The van der Waals surface area contributed by atoms with E-state index in [1.54, 1.807) is 12.1 Å². The molecule has 0 aliphatic carbocycles. The van der Waals surface area contributed by atoms with Crippen molar-refractivity contribution in [2.45, 2.75) is 11.8 Å². The number of rotatable bonds is 7. The number of H-pyrrole nitrogens is 1. The van der Waals surface area contributed by atoms with Crippen LogP contribution in [0.15, 0.2) is 82.9 Å². The Morgan fingerprint density at radius 3 is 2.70 bits per heavy atom. The van der Waals surface area contributed by atoms with Crippen molar-refractivity contribution in [1.82, 2.24) is 9.97 Å². The van der Waals surface area contributed by atoms with Crippen molar-refractivity contribution in [1.29, 1.82) is 0 Å². The van der Waals surface area contributed by atoms with Gasteiger partial charge < -0.3 is 14.8 Å². The van der Waals surface area contributed by atoms with Crippen LogP contribution < -0.4 is 4.74 Å². The smallest absolute Gasteiger partial charge is 0.342 e. The van der Waals surface area contributed by atoms with Gasteiger partial charge in [0.05, 0.1) is 11.0 Å². The first kappa shape index (κ1) is 20.1. The van der Waals surface area contributed by atoms with Gasteiger partial charge in [-0.1, -0.05) is 54.1 Å². The Hall–Kier alpha value is -3.22. The number of imidazole rings is 1. The molecule has 0 bridgehead atoms. The van der Waals surface area contributed by atoms with Crippen LogP contribution in [0, 0.1) is 0 Å². The zero-order valence-corrected chi connectivity index (χ0v) is 17.3. The number of hydrogen-bond donors (Lipinski definition) is 2. The molecule has 4 aromatic rings. The Bertz CT molecular complexity index is 1200. The molecule has 0 aliphatic rings. The summed E-state index contributed by atoms with van der Waals surface area (Å²) in [5.74, 6) is -0.398. The van der Waals surface area contributed by atoms with E-state index in [-0.39, 0.29) is 4.91 Å². The van der Waals surface area contributed by atoms with Crippen LogP contribution >= 0.6 is 23.4 Å². The van der Waals surface area contributed by atoms with Crippen molar-refractivity contribution in [2.24, 2.45) is 0 Å². The molecule has 1 aromatic heterocycles. The molecule has 7 heteroatoms. The molecule has 0 saturated heterocycles. The molecule has 5 nitrogen and oxygen atoms in total. The van der Waals surface area contributed by atoms with E-state index in [1.807, 2.05) is 66.7 Å². The number of para-hydroxylation sites is 2. The van der Waals surface area contributed by atoms with E-state index < -0.39 is 5.97 Å². The summed E-state index contributed by atoms with van der Waals surface area (Å²) in [5, 5.41) is 10.8. The maximum absolute atomic E-state index is 11.8. The summed E-state index contributed by atoms with van der Waals surface area (Å²) in [4.78, 5) is 19.5. The van der Waals surface area contributed by atoms with Crippen LogP contribution in [-0.2, 0) is 11.4 Å². The van der Waals surface area contributed by atoms with Gasteiger partial charge in [-0.15, -0.1) is 0 Å². The van der Waals surface area contributed by atoms with Crippen LogP contribution in [0.4, 0.5) is 0 Å². The predicted molar refractivity (Wildman–Crippen MR) is 120 cm³/mol. The van der Waals surface area contributed by atoms with Crippen molar-refractivity contribution in [3.8, 4) is 5.75 Å². The maximum atomic E-state index is 11.8. The van der Waals surface area contributed by atoms with Crippen LogP contribution in [0.3, 0.4) is 0 Å². The average molecular weight is 437 g/mol. The fourth-order valence-electron chi connectivity index (χ4n) is 2.84. The molecular weight excluding hydrogens is 420 g/mol. The van der Waals surface area contributed by atoms with Gasteiger partial charge in [0.25, 0.3) is 0 Å². The van der Waals surface area contributed by atoms with E-state index in [4.69, 9.17) is 16.3 Å². The van der Waals surface area contributed by atoms with Gasteiger partial charge in [-0.25, -0.2) is 9.78 Å². The number of carboxylic acids is 1. The molecule has 1 heterocycles. The molecule has 0 amide bonds. The number of carbonyl (C=O) groups is 1. The number of fused-ring (bicyclic) bond motifs is 1. The predicted octanol–water partition coefficient (Wildman–Crippen LogP) is 6.01. The van der Waals surface area contributed by atoms with E-state index in [0.29, 0.717) is 28.1 Å². The van der Waals surface area contributed by atoms with Gasteiger partial charge in [-0.3, -0.25) is 0 Å². The molecule has 0 aliphatic heterocycles. The van der Waals surface area contributed by atoms with E-state index in [0.717, 1.165) is 28.4 Å². The van der Waals surface area contributed by atoms with Crippen molar-refractivity contribution in [3.63, 3.8) is 0 Å². The third kappa shape index (κ3) is 4.84. The summed E-state index contributed by atoms with van der Waals surface area (Å²) in [6.07, 6.45) is 1.60. The lowest BCUT2D eigenvalue weighted by Crippen LogP contribution is -1.98. The van der Waals surface area contributed by atoms with E-state index in [1.165, 1.54) is 0 Å². The lowest BCUT2D eigenvalue weighted by molar-refractivity contribution is -0.131. The highest BCUT2D eigenvalue weighted by Crippen LogP contribution is 2.29. The first-order chi connectivity index (χ1) is 14.6. The molecule has 30 heavy (non-hydrogen) atoms. The zero-order chi connectivity index (χ0) is 20.9. The highest BCUT2D eigenvalue weighted by molar-refractivity contribution is 8.04. The zero-order valence-electron chi connectivity index (χ0n) is 15.7. The Balaban J connectivity index is 1.53. The number of nitrogens with one attached hydrogen (secondary N) is 1. The Morgan fingerprint density at radius 1 is 1.10 bits per heavy atom. The summed E-state index contributed by atoms with van der Waals surface area (Å²) in [5.41, 5.74) is 3.25. The summed E-state index contributed by atoms with van der Waals surface area (Å²) < 4.78 is 5.83. The quantitative estimate of drug-likeness (QED) is 0.274. The molecule has 0 unspecified atom stereocenters. The summed E-state index contributed by atoms with van der Waals surface area (Å²) in [6, 6.07) is 22.3. The SMILES string of the molecule is O=C(O)/C(=C/c1cccc(OCc2ccccc2Cl)c1)Sc1nc2ccccc2[nH]1. The highest BCUT2D eigenvalue weighted by Gasteiger charge is 2.13. The molecule has 0 spiro atoms. The van der Waals surface area contributed by atoms with Crippen LogP contribution in [0.2, 0.25) is 5.02 Å². The number of benzene rings is 3. The fraction of sp³-hybridized carbons (Fsp3) is 0.0435. The second kappa shape index (κ2) is 9.07. The average Bonchev–Trinajstić information content (AvgIpc) is 3.15. The van der Waals surface area contributed by atoms with Crippen LogP contribution in [0.5, 0.6) is 5.75 Å². The largest absolute Gasteiger partial charge is 0.489 e. The molecule has 4 rings (SSSR count). The molecule has 2 N–H and O–H groups in total. The lowest BCUT2D eigenvalue weighted by Gasteiger charge is -2.08. The number of aliphatic carboxylic acids is 1. The lowest BCUT2D eigenvalue weighted by atomic mass is 10.2. The number of aromatic amines is 1. The maximum Gasteiger partial charge on any atom is 0.342 e. The Labute approximate surface area is 182 Å². The van der Waals surface area contributed by atoms with Gasteiger partial charge in [0.2, 0.25) is 0 Å². The molecule has 0 radical (unpaired) electrons. The van der Waals surface area contributed by atoms with Crippen molar-refractivity contribution in [3.05, 3.63) is 93.9 Å². The first-order valence-corrected chi connectivity index (χ1v) is 10.3. The van der Waals surface area contributed by atoms with Crippen LogP contribution in [-0.4, -0.2) is 21.0 Å². The monoisotopic (exact) mass is 436 g/mol. The van der Waals surface area contributed by atoms with Gasteiger partial charge in [0, 0.05) is 10.6 Å². The minimum Gasteiger partial charge on any atom is -0.489 e. The van der Waals surface area contributed by atoms with Gasteiger partial charge in [0.15, 0.2) is 5.16 Å². The molecule has 150 valence electrons. The molecule has 0 fully saturated rings. The second-order valence-corrected chi connectivity index (χ2v) is 7.87. The minimum absolute atomic E-state index is 0.150. The normalized spacial score (nSPS) is 11.6. The van der Waals surface area contributed by atoms with Crippen LogP contribution in [0.1, 0.15) is 11.1 Å². The number of ether oxygens (including phenoxy) is 1. The number of thioether (sulfide) groups is 1. The first-order valence-electron chi connectivity index (χ1n) is 9.12. The van der Waals surface area contributed by atoms with Gasteiger partial charge in [-0.05, 0) is 53.7 Å². The Kier molecular flexibility index (Phi) is 6.07. The van der Waals surface area contributed by atoms with Crippen LogP contribution in [0.25, 0.3) is 17.1 Å². The van der Waals surface area contributed by atoms with E-state index in [9.17, 15) is 9.90 Å². The Morgan fingerprint density at radius 2 is 1.90 bits per heavy atom. The number of aromatic nitrogens is 2. The molecule has 0 atom stereocenters. The summed E-state index contributed by atoms with van der Waals surface area (Å²) in [6.45, 7) is 0.326. The fourth-order valence-corrected chi connectivity index (χ4v) is 3.82. The van der Waals surface area contributed by atoms with Gasteiger partial charge >= 0.3 is 5.97 Å². The number of hydrogen-bond acceptors (Lipinski definition) is 4. The topological polar surface area (TPSA) is 75.2 Å². The summed E-state index contributed by atoms with van der Waals surface area (Å²) >= 11 is 7.24. The second-order valence-electron chi connectivity index (χ2n) is 6.43. The van der Waals surface area contributed by atoms with E-state index >= 15 is 0 Å². The van der Waals surface area contributed by atoms with Crippen molar-refractivity contribution >= 4 is 46.4 Å².